The number of Topliss-reactive ketones (excluding diaryl/α,β-unsaturated/α-hetero) is 1. The van der Waals surface area contributed by atoms with Gasteiger partial charge in [0.1, 0.15) is 17.5 Å². The Balaban J connectivity index is 0.000000168. The van der Waals surface area contributed by atoms with Crippen LogP contribution >= 0.6 is 0 Å². The minimum Gasteiger partial charge on any atom is -0.389 e. The fourth-order valence-electron chi connectivity index (χ4n) is 10.9. The molecule has 0 saturated heterocycles. The molecule has 3 aromatic heterocycles. The number of carbonyl (C=O) groups excluding carboxylic acids is 1. The first kappa shape index (κ1) is 76.0. The summed E-state index contributed by atoms with van der Waals surface area (Å²) in [5.41, 5.74) is -3.19. The van der Waals surface area contributed by atoms with Gasteiger partial charge in [-0.25, -0.2) is 23.4 Å². The molecule has 1 atom stereocenters. The minimum absolute atomic E-state index is 0.0155. The third-order valence-electron chi connectivity index (χ3n) is 15.9. The highest BCUT2D eigenvalue weighted by atomic mass is 32.2. The van der Waals surface area contributed by atoms with Crippen LogP contribution in [0.2, 0.25) is 0 Å². The van der Waals surface area contributed by atoms with Crippen LogP contribution in [-0.2, 0) is 78.6 Å². The van der Waals surface area contributed by atoms with E-state index in [9.17, 15) is 83.1 Å². The van der Waals surface area contributed by atoms with Crippen molar-refractivity contribution in [3.8, 4) is 33.4 Å². The number of aliphatic hydroxyl groups is 1. The van der Waals surface area contributed by atoms with Crippen LogP contribution in [0.1, 0.15) is 70.0 Å². The van der Waals surface area contributed by atoms with E-state index in [2.05, 4.69) is 34.6 Å². The van der Waals surface area contributed by atoms with Gasteiger partial charge in [0.15, 0.2) is 5.78 Å². The number of nitrogens with one attached hydrogen (secondary N) is 7. The van der Waals surface area contributed by atoms with Gasteiger partial charge in [-0.05, 0) is 162 Å². The first-order chi connectivity index (χ1) is 48.9. The summed E-state index contributed by atoms with van der Waals surface area (Å²) in [6, 6.07) is 55.9. The quantitative estimate of drug-likeness (QED) is 0.0231. The van der Waals surface area contributed by atoms with Gasteiger partial charge in [0.2, 0.25) is 10.0 Å². The number of anilines is 4. The average Bonchev–Trinajstić information content (AvgIpc) is 1.80. The molecule has 0 spiro atoms. The number of rotatable bonds is 22. The highest BCUT2D eigenvalue weighted by Gasteiger charge is 2.48. The number of H-pyrrole nitrogens is 3. The maximum atomic E-state index is 12.9. The molecule has 0 amide bonds. The van der Waals surface area contributed by atoms with Crippen LogP contribution in [0.15, 0.2) is 200 Å². The maximum absolute atomic E-state index is 12.9. The number of sulfonamides is 4. The number of hydrogen-bond donors (Lipinski definition) is 8. The van der Waals surface area contributed by atoms with Crippen LogP contribution in [0.5, 0.6) is 0 Å². The van der Waals surface area contributed by atoms with Crippen molar-refractivity contribution >= 4 is 102 Å². The lowest BCUT2D eigenvalue weighted by Crippen LogP contribution is -2.30. The number of aryl methyl sites for hydroxylation is 6. The molecule has 0 radical (unpaired) electrons. The molecule has 0 aliphatic carbocycles. The zero-order valence-electron chi connectivity index (χ0n) is 54.9. The number of imidazole rings is 3. The van der Waals surface area contributed by atoms with Crippen molar-refractivity contribution < 1.29 is 83.1 Å². The van der Waals surface area contributed by atoms with E-state index in [1.165, 1.54) is 58.8 Å². The molecule has 20 nitrogen and oxygen atoms in total. The number of fused-ring (bicyclic) bond motifs is 3. The summed E-state index contributed by atoms with van der Waals surface area (Å²) in [6.45, 7) is 3.26. The number of aromatic nitrogens is 6. The van der Waals surface area contributed by atoms with Crippen LogP contribution in [-0.4, -0.2) is 97.2 Å². The molecule has 0 bridgehead atoms. The first-order valence-corrected chi connectivity index (χ1v) is 37.7. The topological polar surface area (TPSA) is 308 Å². The molecule has 9 aromatic carbocycles. The number of ketones is 1. The number of benzene rings is 9. The highest BCUT2D eigenvalue weighted by Crippen LogP contribution is 2.36. The van der Waals surface area contributed by atoms with Crippen molar-refractivity contribution in [2.75, 3.05) is 25.1 Å². The summed E-state index contributed by atoms with van der Waals surface area (Å²) >= 11 is 0. The third-order valence-corrected chi connectivity index (χ3v) is 19.9. The van der Waals surface area contributed by atoms with Crippen molar-refractivity contribution in [1.82, 2.24) is 29.9 Å². The number of hydrogen-bond acceptors (Lipinski definition) is 13. The Kier molecular flexibility index (Phi) is 22.5. The molecule has 0 aliphatic heterocycles. The lowest BCUT2D eigenvalue weighted by molar-refractivity contribution is -0.0435. The fourth-order valence-corrected chi connectivity index (χ4v) is 13.2. The van der Waals surface area contributed by atoms with Crippen LogP contribution in [0.4, 0.5) is 62.3 Å². The minimum atomic E-state index is -5.57. The van der Waals surface area contributed by atoms with E-state index in [4.69, 9.17) is 0 Å². The number of aromatic amines is 3. The van der Waals surface area contributed by atoms with Gasteiger partial charge in [-0.1, -0.05) is 121 Å². The number of nitrogens with zero attached hydrogens (tertiary/aromatic N) is 3. The normalized spacial score (nSPS) is 12.6. The van der Waals surface area contributed by atoms with Gasteiger partial charge in [-0.3, -0.25) is 23.7 Å². The highest BCUT2D eigenvalue weighted by molar-refractivity contribution is 7.94. The van der Waals surface area contributed by atoms with Gasteiger partial charge in [0.05, 0.1) is 51.1 Å². The van der Waals surface area contributed by atoms with Crippen molar-refractivity contribution in [2.24, 2.45) is 0 Å². The van der Waals surface area contributed by atoms with Gasteiger partial charge in [0, 0.05) is 47.5 Å². The van der Waals surface area contributed by atoms with Crippen LogP contribution < -0.4 is 18.9 Å². The second-order valence-electron chi connectivity index (χ2n) is 23.8. The summed E-state index contributed by atoms with van der Waals surface area (Å²) in [6.07, 6.45) is 3.88. The number of aliphatic hydroxyl groups excluding tert-OH is 1. The molecule has 1 unspecified atom stereocenters. The second kappa shape index (κ2) is 30.8. The van der Waals surface area contributed by atoms with E-state index in [1.54, 1.807) is 78.4 Å². The Morgan fingerprint density at radius 3 is 1.12 bits per heavy atom. The Labute approximate surface area is 590 Å². The second-order valence-corrected chi connectivity index (χ2v) is 30.5. The molecular formula is C71H63F9N10O10S4. The summed E-state index contributed by atoms with van der Waals surface area (Å²) in [7, 11) is -19.8. The zero-order chi connectivity index (χ0) is 75.2. The largest absolute Gasteiger partial charge is 0.516 e. The lowest BCUT2D eigenvalue weighted by Gasteiger charge is -2.14. The van der Waals surface area contributed by atoms with E-state index in [1.807, 2.05) is 91.0 Å². The standard InChI is InChI=1S/C24H22F3N3O3S.C24H20F3N3O3S.C23H21F3N4O4S2/c2*1-15(31)19-4-2-3-5-20(19)17-9-12-21-22(14-17)29-23(28-21)13-8-16-6-10-18(11-7-16)30-34(32,33)24(25,26)27;1-35(31,32)29-17-10-6-15(7-11-17)8-13-22-27-20-12-9-16(14-21(20)28-22)18-4-2-3-5-19(18)30-36(33,34)23(24,25)26/h2-7,9-12,14-15,30-31H,8,13H2,1H3,(H,28,29);2-7,9-12,14,30H,8,13H2,1H3,(H,28,29);2-7,9-12,14,29-30H,8,13H2,1H3,(H,27,28). The van der Waals surface area contributed by atoms with Crippen molar-refractivity contribution in [3.63, 3.8) is 0 Å². The monoisotopic (exact) mass is 1510 g/mol. The van der Waals surface area contributed by atoms with E-state index >= 15 is 0 Å². The van der Waals surface area contributed by atoms with E-state index in [-0.39, 0.29) is 28.4 Å². The number of alkyl halides is 9. The van der Waals surface area contributed by atoms with Gasteiger partial charge in [-0.15, -0.1) is 0 Å². The number of halogens is 9. The first-order valence-electron chi connectivity index (χ1n) is 31.3. The predicted octanol–water partition coefficient (Wildman–Crippen LogP) is 15.5. The molecule has 544 valence electrons. The number of carbonyl (C=O) groups is 1. The summed E-state index contributed by atoms with van der Waals surface area (Å²) in [5.74, 6) is 2.15. The summed E-state index contributed by atoms with van der Waals surface area (Å²) in [4.78, 5) is 35.4. The SMILES string of the molecule is CC(=O)c1ccccc1-c1ccc2nc(CCc3ccc(NS(=O)(=O)C(F)(F)F)cc3)[nH]c2c1.CC(O)c1ccccc1-c1ccc2nc(CCc3ccc(NS(=O)(=O)C(F)(F)F)cc3)[nH]c2c1.CS(=O)(=O)Nc1ccc(CCc2nc3ccc(-c4ccccc4NS(=O)(=O)C(F)(F)F)cc3[nH]2)cc1. The number of para-hydroxylation sites is 1. The molecule has 104 heavy (non-hydrogen) atoms. The van der Waals surface area contributed by atoms with Crippen molar-refractivity contribution in [1.29, 1.82) is 0 Å². The fraction of sp³-hybridized carbons (Fsp3) is 0.183. The molecule has 0 saturated carbocycles. The van der Waals surface area contributed by atoms with Gasteiger partial charge in [-0.2, -0.15) is 64.8 Å². The predicted molar refractivity (Wildman–Crippen MR) is 381 cm³/mol. The Bertz CT molecular complexity index is 5580. The zero-order valence-corrected chi connectivity index (χ0v) is 58.1. The molecular weight excluding hydrogens is 1450 g/mol. The van der Waals surface area contributed by atoms with Crippen molar-refractivity contribution in [2.45, 2.75) is 75.0 Å². The molecule has 3 heterocycles. The Hall–Kier alpha value is -10.6. The van der Waals surface area contributed by atoms with Gasteiger partial charge < -0.3 is 20.1 Å². The third kappa shape index (κ3) is 19.2. The van der Waals surface area contributed by atoms with Crippen LogP contribution in [0.3, 0.4) is 0 Å². The average molecular weight is 1520 g/mol. The summed E-state index contributed by atoms with van der Waals surface area (Å²) < 4.78 is 211. The van der Waals surface area contributed by atoms with Crippen molar-refractivity contribution in [3.05, 3.63) is 245 Å². The smallest absolute Gasteiger partial charge is 0.389 e. The molecule has 12 rings (SSSR count). The molecule has 0 fully saturated rings. The van der Waals surface area contributed by atoms with Crippen LogP contribution in [0, 0.1) is 0 Å². The Morgan fingerprint density at radius 1 is 0.413 bits per heavy atom. The van der Waals surface area contributed by atoms with E-state index < -0.39 is 62.7 Å². The molecule has 33 heteroatoms. The maximum Gasteiger partial charge on any atom is 0.516 e. The van der Waals surface area contributed by atoms with E-state index in [0.717, 1.165) is 84.5 Å². The van der Waals surface area contributed by atoms with Gasteiger partial charge in [0.25, 0.3) is 0 Å². The van der Waals surface area contributed by atoms with Crippen LogP contribution in [0.25, 0.3) is 66.5 Å². The summed E-state index contributed by atoms with van der Waals surface area (Å²) in [5, 5.41) is 10.1. The molecule has 0 aliphatic rings. The van der Waals surface area contributed by atoms with E-state index in [0.29, 0.717) is 72.2 Å². The molecule has 8 N–H and O–H groups in total. The Morgan fingerprint density at radius 2 is 0.740 bits per heavy atom. The van der Waals surface area contributed by atoms with Gasteiger partial charge >= 0.3 is 46.6 Å². The molecule has 12 aromatic rings. The lowest BCUT2D eigenvalue weighted by atomic mass is 9.96.